The van der Waals surface area contributed by atoms with Gasteiger partial charge in [0, 0.05) is 11.1 Å². The lowest BCUT2D eigenvalue weighted by Gasteiger charge is -2.12. The molecule has 0 aliphatic rings. The minimum absolute atomic E-state index is 0.00803. The van der Waals surface area contributed by atoms with Crippen molar-refractivity contribution in [3.05, 3.63) is 63.6 Å². The highest BCUT2D eigenvalue weighted by Crippen LogP contribution is 2.26. The number of halogens is 1. The van der Waals surface area contributed by atoms with Crippen LogP contribution >= 0.6 is 28.1 Å². The van der Waals surface area contributed by atoms with Crippen molar-refractivity contribution in [1.82, 2.24) is 16.2 Å². The van der Waals surface area contributed by atoms with Gasteiger partial charge in [-0.15, -0.1) is 0 Å². The molecule has 0 radical (unpaired) electrons. The van der Waals surface area contributed by atoms with E-state index in [1.165, 1.54) is 0 Å². The molecule has 0 bridgehead atoms. The van der Waals surface area contributed by atoms with Crippen molar-refractivity contribution in [2.45, 2.75) is 26.7 Å². The molecule has 6 nitrogen and oxygen atoms in total. The number of carbonyl (C=O) groups is 2. The average Bonchev–Trinajstić information content (AvgIpc) is 2.67. The number of hydrogen-bond acceptors (Lipinski definition) is 4. The van der Waals surface area contributed by atoms with Gasteiger partial charge in [-0.2, -0.15) is 0 Å². The van der Waals surface area contributed by atoms with Crippen LogP contribution < -0.4 is 20.9 Å². The highest BCUT2D eigenvalue weighted by Gasteiger charge is 2.12. The summed E-state index contributed by atoms with van der Waals surface area (Å²) in [4.78, 5) is 24.5. The second kappa shape index (κ2) is 10.8. The van der Waals surface area contributed by atoms with Gasteiger partial charge >= 0.3 is 0 Å². The Labute approximate surface area is 178 Å². The van der Waals surface area contributed by atoms with Crippen molar-refractivity contribution in [2.75, 3.05) is 6.61 Å². The third-order valence-corrected chi connectivity index (χ3v) is 4.68. The number of thiocarbonyl (C=S) groups is 1. The smallest absolute Gasteiger partial charge is 0.269 e. The molecule has 2 aromatic carbocycles. The van der Waals surface area contributed by atoms with E-state index in [9.17, 15) is 9.59 Å². The molecule has 28 heavy (non-hydrogen) atoms. The first-order valence-electron chi connectivity index (χ1n) is 8.82. The monoisotopic (exact) mass is 463 g/mol. The Morgan fingerprint density at radius 1 is 1.11 bits per heavy atom. The minimum atomic E-state index is -0.400. The zero-order valence-corrected chi connectivity index (χ0v) is 18.1. The SMILES string of the molecule is CCCCOc1ccc(C(=O)NC(=S)NNC(=O)c2ccccc2C)cc1Br. The summed E-state index contributed by atoms with van der Waals surface area (Å²) < 4.78 is 6.33. The predicted molar refractivity (Wildman–Crippen MR) is 116 cm³/mol. The molecule has 2 rings (SSSR count). The number of unbranched alkanes of at least 4 members (excludes halogenated alkanes) is 1. The molecule has 0 heterocycles. The summed E-state index contributed by atoms with van der Waals surface area (Å²) in [5, 5.41) is 2.51. The zero-order chi connectivity index (χ0) is 20.5. The Hall–Kier alpha value is -2.45. The van der Waals surface area contributed by atoms with Gasteiger partial charge in [0.25, 0.3) is 11.8 Å². The molecule has 0 fully saturated rings. The first-order valence-corrected chi connectivity index (χ1v) is 10.0. The van der Waals surface area contributed by atoms with Crippen LogP contribution in [0.4, 0.5) is 0 Å². The Morgan fingerprint density at radius 2 is 1.86 bits per heavy atom. The van der Waals surface area contributed by atoms with Gasteiger partial charge in [0.15, 0.2) is 5.11 Å². The van der Waals surface area contributed by atoms with E-state index in [0.29, 0.717) is 28.0 Å². The number of benzene rings is 2. The van der Waals surface area contributed by atoms with Crippen molar-refractivity contribution in [3.63, 3.8) is 0 Å². The second-order valence-electron chi connectivity index (χ2n) is 6.02. The van der Waals surface area contributed by atoms with Gasteiger partial charge in [-0.1, -0.05) is 31.5 Å². The van der Waals surface area contributed by atoms with Gasteiger partial charge in [0.2, 0.25) is 0 Å². The largest absolute Gasteiger partial charge is 0.492 e. The summed E-state index contributed by atoms with van der Waals surface area (Å²) in [5.74, 6) is -0.0642. The van der Waals surface area contributed by atoms with Gasteiger partial charge in [-0.3, -0.25) is 25.8 Å². The minimum Gasteiger partial charge on any atom is -0.492 e. The highest BCUT2D eigenvalue weighted by atomic mass is 79.9. The maximum Gasteiger partial charge on any atom is 0.269 e. The Balaban J connectivity index is 1.88. The lowest BCUT2D eigenvalue weighted by molar-refractivity contribution is 0.0934. The van der Waals surface area contributed by atoms with E-state index in [0.717, 1.165) is 18.4 Å². The second-order valence-corrected chi connectivity index (χ2v) is 7.29. The lowest BCUT2D eigenvalue weighted by atomic mass is 10.1. The molecule has 3 N–H and O–H groups in total. The number of hydrogen-bond donors (Lipinski definition) is 3. The van der Waals surface area contributed by atoms with E-state index in [4.69, 9.17) is 17.0 Å². The van der Waals surface area contributed by atoms with Crippen LogP contribution in [0.3, 0.4) is 0 Å². The molecule has 0 aliphatic heterocycles. The van der Waals surface area contributed by atoms with E-state index in [1.54, 1.807) is 30.3 Å². The molecule has 0 aromatic heterocycles. The molecule has 2 amide bonds. The van der Waals surface area contributed by atoms with Crippen LogP contribution in [-0.2, 0) is 0 Å². The predicted octanol–water partition coefficient (Wildman–Crippen LogP) is 3.89. The number of rotatable bonds is 6. The topological polar surface area (TPSA) is 79.5 Å². The molecule has 0 aliphatic carbocycles. The molecule has 0 saturated carbocycles. The van der Waals surface area contributed by atoms with E-state index in [1.807, 2.05) is 19.1 Å². The van der Waals surface area contributed by atoms with Crippen molar-refractivity contribution < 1.29 is 14.3 Å². The number of ether oxygens (including phenoxy) is 1. The van der Waals surface area contributed by atoms with Crippen molar-refractivity contribution >= 4 is 45.1 Å². The summed E-state index contributed by atoms with van der Waals surface area (Å²) in [6.45, 7) is 4.55. The van der Waals surface area contributed by atoms with Gasteiger partial charge < -0.3 is 4.74 Å². The van der Waals surface area contributed by atoms with Crippen LogP contribution in [0, 0.1) is 6.92 Å². The van der Waals surface area contributed by atoms with Crippen LogP contribution in [0.15, 0.2) is 46.9 Å². The summed E-state index contributed by atoms with van der Waals surface area (Å²) in [5.41, 5.74) is 6.77. The fourth-order valence-corrected chi connectivity index (χ4v) is 2.94. The molecular weight excluding hydrogens is 442 g/mol. The van der Waals surface area contributed by atoms with E-state index in [-0.39, 0.29) is 11.0 Å². The van der Waals surface area contributed by atoms with E-state index in [2.05, 4.69) is 39.0 Å². The molecule has 0 unspecified atom stereocenters. The third kappa shape index (κ3) is 6.31. The molecule has 0 saturated heterocycles. The van der Waals surface area contributed by atoms with E-state index >= 15 is 0 Å². The summed E-state index contributed by atoms with van der Waals surface area (Å²) in [6, 6.07) is 12.2. The first-order chi connectivity index (χ1) is 13.4. The van der Waals surface area contributed by atoms with Crippen LogP contribution in [0.1, 0.15) is 46.0 Å². The Bertz CT molecular complexity index is 874. The zero-order valence-electron chi connectivity index (χ0n) is 15.7. The standard InChI is InChI=1S/C20H22BrN3O3S/c1-3-4-11-27-17-10-9-14(12-16(17)21)18(25)22-20(28)24-23-19(26)15-8-6-5-7-13(15)2/h5-10,12H,3-4,11H2,1-2H3,(H,23,26)(H2,22,24,25,28). The maximum absolute atomic E-state index is 12.3. The fraction of sp³-hybridized carbons (Fsp3) is 0.250. The van der Waals surface area contributed by atoms with Crippen LogP contribution in [0.25, 0.3) is 0 Å². The Kier molecular flexibility index (Phi) is 8.41. The number of amides is 2. The number of nitrogens with one attached hydrogen (secondary N) is 3. The number of aryl methyl sites for hydroxylation is 1. The van der Waals surface area contributed by atoms with Gasteiger partial charge in [0.1, 0.15) is 5.75 Å². The summed E-state index contributed by atoms with van der Waals surface area (Å²) in [7, 11) is 0. The number of hydrazine groups is 1. The van der Waals surface area contributed by atoms with Gasteiger partial charge in [-0.05, 0) is 71.3 Å². The lowest BCUT2D eigenvalue weighted by Crippen LogP contribution is -2.48. The quantitative estimate of drug-likeness (QED) is 0.344. The van der Waals surface area contributed by atoms with Crippen molar-refractivity contribution in [1.29, 1.82) is 0 Å². The van der Waals surface area contributed by atoms with Crippen LogP contribution in [0.2, 0.25) is 0 Å². The van der Waals surface area contributed by atoms with Crippen LogP contribution in [-0.4, -0.2) is 23.5 Å². The summed E-state index contributed by atoms with van der Waals surface area (Å²) >= 11 is 8.47. The molecular formula is C20H22BrN3O3S. The van der Waals surface area contributed by atoms with Crippen molar-refractivity contribution in [3.8, 4) is 5.75 Å². The highest BCUT2D eigenvalue weighted by molar-refractivity contribution is 9.10. The molecule has 2 aromatic rings. The maximum atomic E-state index is 12.3. The van der Waals surface area contributed by atoms with Gasteiger partial charge in [-0.25, -0.2) is 0 Å². The molecule has 0 atom stereocenters. The fourth-order valence-electron chi connectivity index (χ4n) is 2.30. The van der Waals surface area contributed by atoms with Gasteiger partial charge in [0.05, 0.1) is 11.1 Å². The summed E-state index contributed by atoms with van der Waals surface area (Å²) in [6.07, 6.45) is 2.01. The van der Waals surface area contributed by atoms with E-state index < -0.39 is 5.91 Å². The Morgan fingerprint density at radius 3 is 2.54 bits per heavy atom. The van der Waals surface area contributed by atoms with Crippen LogP contribution in [0.5, 0.6) is 5.75 Å². The normalized spacial score (nSPS) is 10.1. The third-order valence-electron chi connectivity index (χ3n) is 3.86. The molecule has 148 valence electrons. The molecule has 0 spiro atoms. The average molecular weight is 464 g/mol. The number of carbonyl (C=O) groups excluding carboxylic acids is 2. The molecule has 8 heteroatoms. The van der Waals surface area contributed by atoms with Crippen molar-refractivity contribution in [2.24, 2.45) is 0 Å². The first kappa shape index (κ1) is 21.8.